The zero-order chi connectivity index (χ0) is 16.1. The summed E-state index contributed by atoms with van der Waals surface area (Å²) in [6.07, 6.45) is 1.46. The molecule has 1 aromatic heterocycles. The summed E-state index contributed by atoms with van der Waals surface area (Å²) in [5.74, 6) is -0.0861. The van der Waals surface area contributed by atoms with Gasteiger partial charge in [-0.25, -0.2) is 9.37 Å². The molecular formula is C16H16BrFN2O2. The molecule has 2 rings (SSSR count). The molecule has 0 fully saturated rings. The summed E-state index contributed by atoms with van der Waals surface area (Å²) in [5.41, 5.74) is 0.907. The highest BCUT2D eigenvalue weighted by atomic mass is 79.9. The van der Waals surface area contributed by atoms with E-state index in [9.17, 15) is 9.18 Å². The number of amides is 1. The van der Waals surface area contributed by atoms with Crippen LogP contribution in [0.2, 0.25) is 0 Å². The molecule has 0 saturated carbocycles. The van der Waals surface area contributed by atoms with Gasteiger partial charge in [0.1, 0.15) is 5.82 Å². The van der Waals surface area contributed by atoms with Crippen LogP contribution in [0.4, 0.5) is 4.39 Å². The minimum Gasteiger partial charge on any atom is -0.481 e. The molecular weight excluding hydrogens is 351 g/mol. The van der Waals surface area contributed by atoms with Crippen molar-refractivity contribution in [2.24, 2.45) is 0 Å². The third kappa shape index (κ3) is 3.82. The highest BCUT2D eigenvalue weighted by molar-refractivity contribution is 9.10. The first-order valence-electron chi connectivity index (χ1n) is 6.78. The van der Waals surface area contributed by atoms with E-state index in [0.717, 1.165) is 4.47 Å². The molecule has 0 aliphatic heterocycles. The Hall–Kier alpha value is -1.95. The molecule has 1 aromatic carbocycles. The number of ether oxygens (including phenoxy) is 1. The molecule has 0 bridgehead atoms. The first-order valence-corrected chi connectivity index (χ1v) is 7.57. The van der Waals surface area contributed by atoms with Gasteiger partial charge in [0.05, 0.1) is 12.7 Å². The van der Waals surface area contributed by atoms with Gasteiger partial charge in [0, 0.05) is 35.4 Å². The maximum atomic E-state index is 13.8. The van der Waals surface area contributed by atoms with Gasteiger partial charge in [-0.05, 0) is 31.2 Å². The summed E-state index contributed by atoms with van der Waals surface area (Å²) in [5, 5.41) is 0. The van der Waals surface area contributed by atoms with Crippen LogP contribution in [-0.4, -0.2) is 29.4 Å². The quantitative estimate of drug-likeness (QED) is 0.810. The summed E-state index contributed by atoms with van der Waals surface area (Å²) in [7, 11) is 1.51. The number of carbonyl (C=O) groups excluding carboxylic acids is 1. The topological polar surface area (TPSA) is 42.4 Å². The van der Waals surface area contributed by atoms with Crippen molar-refractivity contribution in [2.45, 2.75) is 13.5 Å². The molecule has 116 valence electrons. The van der Waals surface area contributed by atoms with Gasteiger partial charge >= 0.3 is 0 Å². The van der Waals surface area contributed by atoms with Crippen LogP contribution in [0.25, 0.3) is 0 Å². The summed E-state index contributed by atoms with van der Waals surface area (Å²) in [6.45, 7) is 2.52. The number of halogens is 2. The molecule has 1 heterocycles. The van der Waals surface area contributed by atoms with Crippen LogP contribution < -0.4 is 4.74 Å². The van der Waals surface area contributed by atoms with Gasteiger partial charge in [0.2, 0.25) is 5.88 Å². The van der Waals surface area contributed by atoms with Crippen molar-refractivity contribution >= 4 is 21.8 Å². The molecule has 4 nitrogen and oxygen atoms in total. The van der Waals surface area contributed by atoms with Gasteiger partial charge in [-0.1, -0.05) is 15.9 Å². The molecule has 2 aromatic rings. The summed E-state index contributed by atoms with van der Waals surface area (Å²) >= 11 is 3.31. The van der Waals surface area contributed by atoms with Crippen molar-refractivity contribution in [3.8, 4) is 5.88 Å². The number of methoxy groups -OCH3 is 1. The number of hydrogen-bond donors (Lipinski definition) is 0. The number of rotatable bonds is 5. The third-order valence-electron chi connectivity index (χ3n) is 3.23. The van der Waals surface area contributed by atoms with E-state index in [1.165, 1.54) is 19.4 Å². The second kappa shape index (κ2) is 7.35. The van der Waals surface area contributed by atoms with Crippen LogP contribution >= 0.6 is 15.9 Å². The number of pyridine rings is 1. The zero-order valence-corrected chi connectivity index (χ0v) is 13.9. The zero-order valence-electron chi connectivity index (χ0n) is 12.3. The van der Waals surface area contributed by atoms with Gasteiger partial charge in [0.25, 0.3) is 5.91 Å². The van der Waals surface area contributed by atoms with Gasteiger partial charge in [-0.3, -0.25) is 4.79 Å². The molecule has 0 saturated heterocycles. The second-order valence-corrected chi connectivity index (χ2v) is 5.56. The first-order chi connectivity index (χ1) is 10.5. The second-order valence-electron chi connectivity index (χ2n) is 4.64. The molecule has 1 amide bonds. The minimum absolute atomic E-state index is 0.197. The number of hydrogen-bond acceptors (Lipinski definition) is 3. The fraction of sp³-hybridized carbons (Fsp3) is 0.250. The monoisotopic (exact) mass is 366 g/mol. The van der Waals surface area contributed by atoms with Gasteiger partial charge in [-0.15, -0.1) is 0 Å². The molecule has 6 heteroatoms. The Balaban J connectivity index is 2.19. The van der Waals surface area contributed by atoms with E-state index in [1.54, 1.807) is 29.2 Å². The molecule has 0 spiro atoms. The van der Waals surface area contributed by atoms with Gasteiger partial charge in [-0.2, -0.15) is 0 Å². The lowest BCUT2D eigenvalue weighted by atomic mass is 10.1. The standard InChI is InChI=1S/C16H16BrFN2O2/c1-3-20(10-12-8-13(17)5-6-14(12)18)16(21)11-4-7-15(22-2)19-9-11/h4-9H,3,10H2,1-2H3. The predicted octanol–water partition coefficient (Wildman–Crippen LogP) is 3.65. The SMILES string of the molecule is CCN(Cc1cc(Br)ccc1F)C(=O)c1ccc(OC)nc1. The van der Waals surface area contributed by atoms with E-state index in [2.05, 4.69) is 20.9 Å². The van der Waals surface area contributed by atoms with E-state index in [0.29, 0.717) is 23.6 Å². The van der Waals surface area contributed by atoms with Gasteiger partial charge < -0.3 is 9.64 Å². The average Bonchev–Trinajstić information content (AvgIpc) is 2.55. The maximum Gasteiger partial charge on any atom is 0.255 e. The van der Waals surface area contributed by atoms with Gasteiger partial charge in [0.15, 0.2) is 0 Å². The number of benzene rings is 1. The lowest BCUT2D eigenvalue weighted by Crippen LogP contribution is -2.30. The lowest BCUT2D eigenvalue weighted by Gasteiger charge is -2.21. The van der Waals surface area contributed by atoms with Crippen LogP contribution in [-0.2, 0) is 6.54 Å². The van der Waals surface area contributed by atoms with Crippen LogP contribution in [0.5, 0.6) is 5.88 Å². The highest BCUT2D eigenvalue weighted by Crippen LogP contribution is 2.18. The Kier molecular flexibility index (Phi) is 5.49. The molecule has 0 aliphatic rings. The molecule has 0 atom stereocenters. The van der Waals surface area contributed by atoms with E-state index < -0.39 is 0 Å². The molecule has 0 radical (unpaired) electrons. The first kappa shape index (κ1) is 16.4. The summed E-state index contributed by atoms with van der Waals surface area (Å²) < 4.78 is 19.6. The van der Waals surface area contributed by atoms with E-state index in [4.69, 9.17) is 4.74 Å². The number of nitrogens with zero attached hydrogens (tertiary/aromatic N) is 2. The number of carbonyl (C=O) groups is 1. The summed E-state index contributed by atoms with van der Waals surface area (Å²) in [6, 6.07) is 7.96. The Morgan fingerprint density at radius 3 is 2.73 bits per heavy atom. The van der Waals surface area contributed by atoms with Crippen LogP contribution in [0.15, 0.2) is 41.0 Å². The van der Waals surface area contributed by atoms with Crippen molar-refractivity contribution < 1.29 is 13.9 Å². The molecule has 0 aliphatic carbocycles. The average molecular weight is 367 g/mol. The van der Waals surface area contributed by atoms with Crippen LogP contribution in [0, 0.1) is 5.82 Å². The third-order valence-corrected chi connectivity index (χ3v) is 3.72. The van der Waals surface area contributed by atoms with Crippen molar-refractivity contribution in [1.29, 1.82) is 0 Å². The predicted molar refractivity (Wildman–Crippen MR) is 85.3 cm³/mol. The van der Waals surface area contributed by atoms with Crippen LogP contribution in [0.3, 0.4) is 0 Å². The molecule has 22 heavy (non-hydrogen) atoms. The Labute approximate surface area is 137 Å². The Morgan fingerprint density at radius 2 is 2.14 bits per heavy atom. The van der Waals surface area contributed by atoms with E-state index >= 15 is 0 Å². The van der Waals surface area contributed by atoms with Crippen molar-refractivity contribution in [2.75, 3.05) is 13.7 Å². The molecule has 0 unspecified atom stereocenters. The molecule has 0 N–H and O–H groups in total. The normalized spacial score (nSPS) is 10.4. The van der Waals surface area contributed by atoms with Crippen molar-refractivity contribution in [1.82, 2.24) is 9.88 Å². The maximum absolute atomic E-state index is 13.8. The smallest absolute Gasteiger partial charge is 0.255 e. The lowest BCUT2D eigenvalue weighted by molar-refractivity contribution is 0.0750. The van der Waals surface area contributed by atoms with Crippen molar-refractivity contribution in [3.05, 3.63) is 57.9 Å². The fourth-order valence-corrected chi connectivity index (χ4v) is 2.42. The van der Waals surface area contributed by atoms with E-state index in [-0.39, 0.29) is 18.3 Å². The van der Waals surface area contributed by atoms with Crippen LogP contribution in [0.1, 0.15) is 22.8 Å². The number of aromatic nitrogens is 1. The largest absolute Gasteiger partial charge is 0.481 e. The summed E-state index contributed by atoms with van der Waals surface area (Å²) in [4.78, 5) is 18.1. The Bertz CT molecular complexity index is 662. The Morgan fingerprint density at radius 1 is 1.36 bits per heavy atom. The minimum atomic E-state index is -0.331. The highest BCUT2D eigenvalue weighted by Gasteiger charge is 2.17. The fourth-order valence-electron chi connectivity index (χ4n) is 2.01. The van der Waals surface area contributed by atoms with E-state index in [1.807, 2.05) is 6.92 Å². The van der Waals surface area contributed by atoms with Crippen molar-refractivity contribution in [3.63, 3.8) is 0 Å².